The average molecular weight is 398 g/mol. The minimum Gasteiger partial charge on any atom is -0.497 e. The van der Waals surface area contributed by atoms with Crippen LogP contribution in [0.25, 0.3) is 0 Å². The second-order valence-electron chi connectivity index (χ2n) is 5.95. The molecule has 0 radical (unpaired) electrons. The van der Waals surface area contributed by atoms with Gasteiger partial charge in [-0.3, -0.25) is 4.79 Å². The molecule has 0 aliphatic heterocycles. The molecule has 3 aromatic carbocycles. The summed E-state index contributed by atoms with van der Waals surface area (Å²) in [7, 11) is 3.08. The third kappa shape index (κ3) is 4.75. The lowest BCUT2D eigenvalue weighted by Crippen LogP contribution is -2.12. The number of rotatable bonds is 7. The first-order valence-electron chi connectivity index (χ1n) is 8.60. The SMILES string of the molecule is COc1cccc(NC(=O)c2cc(Cl)c(OC)c(OCc3ccccc3)c2)c1. The summed E-state index contributed by atoms with van der Waals surface area (Å²) < 4.78 is 16.4. The zero-order chi connectivity index (χ0) is 19.9. The van der Waals surface area contributed by atoms with Crippen molar-refractivity contribution in [2.24, 2.45) is 0 Å². The van der Waals surface area contributed by atoms with Crippen molar-refractivity contribution >= 4 is 23.2 Å². The second-order valence-corrected chi connectivity index (χ2v) is 6.36. The third-order valence-electron chi connectivity index (χ3n) is 4.04. The van der Waals surface area contributed by atoms with E-state index in [2.05, 4.69) is 5.32 Å². The Balaban J connectivity index is 1.82. The molecule has 6 heteroatoms. The first-order chi connectivity index (χ1) is 13.6. The van der Waals surface area contributed by atoms with Gasteiger partial charge in [-0.2, -0.15) is 0 Å². The molecule has 0 unspecified atom stereocenters. The number of nitrogens with one attached hydrogen (secondary N) is 1. The molecule has 3 aromatic rings. The molecular formula is C22H20ClNO4. The first kappa shape index (κ1) is 19.6. The molecule has 0 atom stereocenters. The Bertz CT molecular complexity index is 960. The molecule has 0 spiro atoms. The van der Waals surface area contributed by atoms with Gasteiger partial charge in [-0.1, -0.05) is 48.0 Å². The highest BCUT2D eigenvalue weighted by atomic mass is 35.5. The van der Waals surface area contributed by atoms with Crippen molar-refractivity contribution in [1.29, 1.82) is 0 Å². The Morgan fingerprint density at radius 1 is 0.964 bits per heavy atom. The van der Waals surface area contributed by atoms with E-state index in [-0.39, 0.29) is 5.91 Å². The topological polar surface area (TPSA) is 56.8 Å². The summed E-state index contributed by atoms with van der Waals surface area (Å²) in [6.07, 6.45) is 0. The Morgan fingerprint density at radius 3 is 2.46 bits per heavy atom. The molecule has 0 aliphatic carbocycles. The molecule has 5 nitrogen and oxygen atoms in total. The van der Waals surface area contributed by atoms with E-state index < -0.39 is 0 Å². The molecule has 144 valence electrons. The van der Waals surface area contributed by atoms with Crippen LogP contribution in [0.2, 0.25) is 5.02 Å². The summed E-state index contributed by atoms with van der Waals surface area (Å²) in [5.74, 6) is 1.12. The van der Waals surface area contributed by atoms with E-state index in [1.807, 2.05) is 30.3 Å². The summed E-state index contributed by atoms with van der Waals surface area (Å²) in [6, 6.07) is 20.0. The van der Waals surface area contributed by atoms with Crippen molar-refractivity contribution < 1.29 is 19.0 Å². The second kappa shape index (κ2) is 9.15. The fraction of sp³-hybridized carbons (Fsp3) is 0.136. The van der Waals surface area contributed by atoms with Crippen LogP contribution in [0.4, 0.5) is 5.69 Å². The van der Waals surface area contributed by atoms with E-state index in [0.717, 1.165) is 5.56 Å². The summed E-state index contributed by atoms with van der Waals surface area (Å²) in [6.45, 7) is 0.328. The van der Waals surface area contributed by atoms with Crippen LogP contribution in [0.15, 0.2) is 66.7 Å². The maximum absolute atomic E-state index is 12.7. The van der Waals surface area contributed by atoms with Gasteiger partial charge in [0.2, 0.25) is 0 Å². The van der Waals surface area contributed by atoms with Crippen LogP contribution in [0, 0.1) is 0 Å². The number of amides is 1. The van der Waals surface area contributed by atoms with Crippen LogP contribution in [-0.2, 0) is 6.61 Å². The number of anilines is 1. The molecule has 0 saturated carbocycles. The summed E-state index contributed by atoms with van der Waals surface area (Å²) in [5, 5.41) is 3.12. The number of carbonyl (C=O) groups excluding carboxylic acids is 1. The maximum Gasteiger partial charge on any atom is 0.255 e. The standard InChI is InChI=1S/C22H20ClNO4/c1-26-18-10-6-9-17(13-18)24-22(25)16-11-19(23)21(27-2)20(12-16)28-14-15-7-4-3-5-8-15/h3-13H,14H2,1-2H3,(H,24,25). The van der Waals surface area contributed by atoms with Gasteiger partial charge >= 0.3 is 0 Å². The van der Waals surface area contributed by atoms with Crippen LogP contribution in [-0.4, -0.2) is 20.1 Å². The molecule has 0 saturated heterocycles. The Hall–Kier alpha value is -3.18. The largest absolute Gasteiger partial charge is 0.497 e. The van der Waals surface area contributed by atoms with Gasteiger partial charge in [0.1, 0.15) is 12.4 Å². The van der Waals surface area contributed by atoms with Crippen LogP contribution < -0.4 is 19.5 Å². The summed E-state index contributed by atoms with van der Waals surface area (Å²) in [4.78, 5) is 12.7. The lowest BCUT2D eigenvalue weighted by Gasteiger charge is -2.14. The van der Waals surface area contributed by atoms with Gasteiger partial charge in [0.05, 0.1) is 19.2 Å². The number of hydrogen-bond acceptors (Lipinski definition) is 4. The molecule has 0 heterocycles. The fourth-order valence-corrected chi connectivity index (χ4v) is 2.93. The van der Waals surface area contributed by atoms with Gasteiger partial charge in [0.15, 0.2) is 11.5 Å². The van der Waals surface area contributed by atoms with Crippen molar-refractivity contribution in [1.82, 2.24) is 0 Å². The molecule has 1 amide bonds. The fourth-order valence-electron chi connectivity index (χ4n) is 2.64. The predicted octanol–water partition coefficient (Wildman–Crippen LogP) is 5.19. The number of halogens is 1. The lowest BCUT2D eigenvalue weighted by molar-refractivity contribution is 0.102. The third-order valence-corrected chi connectivity index (χ3v) is 4.32. The minimum atomic E-state index is -0.317. The van der Waals surface area contributed by atoms with E-state index in [1.165, 1.54) is 7.11 Å². The number of carbonyl (C=O) groups is 1. The molecule has 3 rings (SSSR count). The van der Waals surface area contributed by atoms with Gasteiger partial charge in [-0.05, 0) is 29.8 Å². The van der Waals surface area contributed by atoms with Gasteiger partial charge in [-0.25, -0.2) is 0 Å². The molecule has 0 fully saturated rings. The molecule has 0 bridgehead atoms. The highest BCUT2D eigenvalue weighted by Gasteiger charge is 2.16. The highest BCUT2D eigenvalue weighted by molar-refractivity contribution is 6.32. The normalized spacial score (nSPS) is 10.2. The number of ether oxygens (including phenoxy) is 3. The summed E-state index contributed by atoms with van der Waals surface area (Å²) >= 11 is 6.31. The smallest absolute Gasteiger partial charge is 0.255 e. The number of benzene rings is 3. The van der Waals surface area contributed by atoms with Gasteiger partial charge in [-0.15, -0.1) is 0 Å². The van der Waals surface area contributed by atoms with Crippen LogP contribution in [0.3, 0.4) is 0 Å². The van der Waals surface area contributed by atoms with Gasteiger partial charge in [0.25, 0.3) is 5.91 Å². The Morgan fingerprint density at radius 2 is 1.75 bits per heavy atom. The van der Waals surface area contributed by atoms with Gasteiger partial charge in [0, 0.05) is 17.3 Å². The Kier molecular flexibility index (Phi) is 6.40. The van der Waals surface area contributed by atoms with Crippen LogP contribution in [0.1, 0.15) is 15.9 Å². The van der Waals surface area contributed by atoms with Crippen molar-refractivity contribution in [3.05, 3.63) is 82.9 Å². The number of hydrogen-bond donors (Lipinski definition) is 1. The quantitative estimate of drug-likeness (QED) is 0.596. The minimum absolute atomic E-state index is 0.295. The first-order valence-corrected chi connectivity index (χ1v) is 8.98. The summed E-state index contributed by atoms with van der Waals surface area (Å²) in [5.41, 5.74) is 1.96. The molecular weight excluding hydrogens is 378 g/mol. The van der Waals surface area contributed by atoms with E-state index in [0.29, 0.717) is 40.1 Å². The zero-order valence-electron chi connectivity index (χ0n) is 15.6. The molecule has 0 aliphatic rings. The molecule has 28 heavy (non-hydrogen) atoms. The monoisotopic (exact) mass is 397 g/mol. The average Bonchev–Trinajstić information content (AvgIpc) is 2.72. The van der Waals surface area contributed by atoms with E-state index in [4.69, 9.17) is 25.8 Å². The van der Waals surface area contributed by atoms with Crippen molar-refractivity contribution in [2.75, 3.05) is 19.5 Å². The van der Waals surface area contributed by atoms with Crippen LogP contribution >= 0.6 is 11.6 Å². The number of methoxy groups -OCH3 is 2. The van der Waals surface area contributed by atoms with Crippen molar-refractivity contribution in [2.45, 2.75) is 6.61 Å². The highest BCUT2D eigenvalue weighted by Crippen LogP contribution is 2.37. The lowest BCUT2D eigenvalue weighted by atomic mass is 10.1. The molecule has 0 aromatic heterocycles. The van der Waals surface area contributed by atoms with Crippen molar-refractivity contribution in [3.63, 3.8) is 0 Å². The van der Waals surface area contributed by atoms with E-state index in [9.17, 15) is 4.79 Å². The van der Waals surface area contributed by atoms with E-state index >= 15 is 0 Å². The maximum atomic E-state index is 12.7. The zero-order valence-corrected chi connectivity index (χ0v) is 16.3. The van der Waals surface area contributed by atoms with Crippen LogP contribution in [0.5, 0.6) is 17.2 Å². The van der Waals surface area contributed by atoms with E-state index in [1.54, 1.807) is 43.5 Å². The molecule has 1 N–H and O–H groups in total. The predicted molar refractivity (Wildman–Crippen MR) is 110 cm³/mol. The Labute approximate surface area is 168 Å². The van der Waals surface area contributed by atoms with Gasteiger partial charge < -0.3 is 19.5 Å². The van der Waals surface area contributed by atoms with Crippen molar-refractivity contribution in [3.8, 4) is 17.2 Å².